The Morgan fingerprint density at radius 1 is 1.09 bits per heavy atom. The number of anilines is 1. The molecule has 0 unspecified atom stereocenters. The molecule has 0 aromatic carbocycles. The Kier molecular flexibility index (Phi) is 4.38. The highest BCUT2D eigenvalue weighted by atomic mass is 16.1. The molecule has 1 saturated heterocycles. The van der Waals surface area contributed by atoms with Crippen molar-refractivity contribution in [1.82, 2.24) is 15.3 Å². The summed E-state index contributed by atoms with van der Waals surface area (Å²) < 4.78 is 0. The number of nitrogens with one attached hydrogen (secondary N) is 2. The first-order chi connectivity index (χ1) is 11.3. The zero-order chi connectivity index (χ0) is 15.6. The molecule has 2 saturated carbocycles. The van der Waals surface area contributed by atoms with Gasteiger partial charge in [-0.15, -0.1) is 0 Å². The predicted molar refractivity (Wildman–Crippen MR) is 91.7 cm³/mol. The fraction of sp³-hybridized carbons (Fsp3) is 0.778. The number of hydrogen-bond acceptors (Lipinski definition) is 4. The van der Waals surface area contributed by atoms with Crippen molar-refractivity contribution < 1.29 is 0 Å². The van der Waals surface area contributed by atoms with Gasteiger partial charge in [-0.05, 0) is 50.4 Å². The topological polar surface area (TPSA) is 61.0 Å². The quantitative estimate of drug-likeness (QED) is 0.895. The lowest BCUT2D eigenvalue weighted by Gasteiger charge is -2.38. The van der Waals surface area contributed by atoms with Gasteiger partial charge < -0.3 is 15.2 Å². The summed E-state index contributed by atoms with van der Waals surface area (Å²) in [6.45, 7) is 1.85. The second kappa shape index (κ2) is 6.63. The Morgan fingerprint density at radius 2 is 1.96 bits per heavy atom. The van der Waals surface area contributed by atoms with Crippen LogP contribution in [0.5, 0.6) is 0 Å². The number of H-pyrrole nitrogens is 1. The summed E-state index contributed by atoms with van der Waals surface area (Å²) in [5.74, 6) is 2.59. The van der Waals surface area contributed by atoms with Crippen molar-refractivity contribution in [3.63, 3.8) is 0 Å². The lowest BCUT2D eigenvalue weighted by atomic mass is 9.82. The molecule has 0 amide bonds. The molecule has 1 aliphatic heterocycles. The van der Waals surface area contributed by atoms with Gasteiger partial charge in [0.15, 0.2) is 5.82 Å². The van der Waals surface area contributed by atoms with Crippen molar-refractivity contribution in [2.24, 2.45) is 11.8 Å². The molecule has 3 fully saturated rings. The van der Waals surface area contributed by atoms with Gasteiger partial charge in [-0.2, -0.15) is 0 Å². The predicted octanol–water partition coefficient (Wildman–Crippen LogP) is 2.30. The van der Waals surface area contributed by atoms with Crippen LogP contribution in [0.25, 0.3) is 0 Å². The second-order valence-corrected chi connectivity index (χ2v) is 7.65. The first-order valence-electron chi connectivity index (χ1n) is 9.34. The summed E-state index contributed by atoms with van der Waals surface area (Å²) in [7, 11) is 0. The number of aromatic amines is 1. The first-order valence-corrected chi connectivity index (χ1v) is 9.34. The summed E-state index contributed by atoms with van der Waals surface area (Å²) in [6.07, 6.45) is 14.1. The molecule has 2 N–H and O–H groups in total. The molecule has 3 atom stereocenters. The van der Waals surface area contributed by atoms with Crippen LogP contribution in [0, 0.1) is 11.8 Å². The molecule has 4 rings (SSSR count). The van der Waals surface area contributed by atoms with Gasteiger partial charge >= 0.3 is 0 Å². The highest BCUT2D eigenvalue weighted by molar-refractivity contribution is 5.36. The zero-order valence-electron chi connectivity index (χ0n) is 13.8. The number of hydrogen-bond donors (Lipinski definition) is 2. The van der Waals surface area contributed by atoms with Crippen molar-refractivity contribution in [3.8, 4) is 0 Å². The standard InChI is InChI=1S/C18H28N4O/c23-18-17(19-8-9-20-18)22-10-2-5-16(12-22)21-15-4-1-3-14(11-15)13-6-7-13/h8-9,13-16,21H,1-7,10-12H2,(H,20,23)/t14-,15+,16-/m0/s1. The van der Waals surface area contributed by atoms with Gasteiger partial charge in [0, 0.05) is 37.6 Å². The SMILES string of the molecule is O=c1[nH]ccnc1N1CCC[C@H](N[C@@H]2CCC[C@H](C3CC3)C2)C1. The van der Waals surface area contributed by atoms with E-state index in [-0.39, 0.29) is 5.56 Å². The number of aromatic nitrogens is 2. The van der Waals surface area contributed by atoms with E-state index >= 15 is 0 Å². The normalized spacial score (nSPS) is 32.0. The molecule has 0 bridgehead atoms. The molecule has 1 aromatic heterocycles. The maximum atomic E-state index is 12.0. The molecule has 0 radical (unpaired) electrons. The van der Waals surface area contributed by atoms with E-state index in [1.165, 1.54) is 44.9 Å². The molecule has 2 heterocycles. The summed E-state index contributed by atoms with van der Waals surface area (Å²) in [6, 6.07) is 1.18. The highest BCUT2D eigenvalue weighted by Gasteiger charge is 2.35. The van der Waals surface area contributed by atoms with Crippen LogP contribution in [0.15, 0.2) is 17.2 Å². The van der Waals surface area contributed by atoms with Crippen molar-refractivity contribution in [2.45, 2.75) is 63.5 Å². The van der Waals surface area contributed by atoms with E-state index in [4.69, 9.17) is 0 Å². The molecular weight excluding hydrogens is 288 g/mol. The average Bonchev–Trinajstić information content (AvgIpc) is 3.41. The molecule has 5 heteroatoms. The van der Waals surface area contributed by atoms with Gasteiger partial charge in [-0.25, -0.2) is 4.98 Å². The summed E-state index contributed by atoms with van der Waals surface area (Å²) >= 11 is 0. The Labute approximate surface area is 137 Å². The minimum atomic E-state index is -0.0698. The van der Waals surface area contributed by atoms with Gasteiger partial charge in [0.05, 0.1) is 0 Å². The third-order valence-electron chi connectivity index (χ3n) is 5.88. The van der Waals surface area contributed by atoms with Crippen LogP contribution < -0.4 is 15.8 Å². The van der Waals surface area contributed by atoms with E-state index in [0.717, 1.165) is 31.3 Å². The minimum absolute atomic E-state index is 0.0698. The van der Waals surface area contributed by atoms with Crippen LogP contribution in [-0.2, 0) is 0 Å². The minimum Gasteiger partial charge on any atom is -0.350 e. The van der Waals surface area contributed by atoms with E-state index in [1.807, 2.05) is 0 Å². The molecule has 0 spiro atoms. The average molecular weight is 316 g/mol. The first kappa shape index (κ1) is 15.2. The van der Waals surface area contributed by atoms with Crippen LogP contribution in [0.4, 0.5) is 5.82 Å². The number of nitrogens with zero attached hydrogens (tertiary/aromatic N) is 2. The Morgan fingerprint density at radius 3 is 2.78 bits per heavy atom. The monoisotopic (exact) mass is 316 g/mol. The van der Waals surface area contributed by atoms with Gasteiger partial charge in [-0.3, -0.25) is 4.79 Å². The molecule has 1 aromatic rings. The molecule has 126 valence electrons. The largest absolute Gasteiger partial charge is 0.350 e. The fourth-order valence-corrected chi connectivity index (χ4v) is 4.58. The van der Waals surface area contributed by atoms with Crippen LogP contribution in [0.2, 0.25) is 0 Å². The van der Waals surface area contributed by atoms with E-state index in [1.54, 1.807) is 12.4 Å². The smallest absolute Gasteiger partial charge is 0.290 e. The van der Waals surface area contributed by atoms with Gasteiger partial charge in [0.25, 0.3) is 5.56 Å². The maximum absolute atomic E-state index is 12.0. The lowest BCUT2D eigenvalue weighted by Crippen LogP contribution is -2.51. The molecule has 3 aliphatic rings. The van der Waals surface area contributed by atoms with E-state index in [9.17, 15) is 4.79 Å². The molecule has 2 aliphatic carbocycles. The van der Waals surface area contributed by atoms with Gasteiger partial charge in [0.1, 0.15) is 0 Å². The third-order valence-corrected chi connectivity index (χ3v) is 5.88. The van der Waals surface area contributed by atoms with E-state index < -0.39 is 0 Å². The van der Waals surface area contributed by atoms with Crippen LogP contribution in [0.1, 0.15) is 51.4 Å². The summed E-state index contributed by atoms with van der Waals surface area (Å²) in [4.78, 5) is 21.1. The summed E-state index contributed by atoms with van der Waals surface area (Å²) in [5, 5.41) is 3.91. The second-order valence-electron chi connectivity index (χ2n) is 7.65. The Balaban J connectivity index is 1.36. The summed E-state index contributed by atoms with van der Waals surface area (Å²) in [5.41, 5.74) is -0.0698. The van der Waals surface area contributed by atoms with Crippen LogP contribution in [-0.4, -0.2) is 35.1 Å². The molecule has 5 nitrogen and oxygen atoms in total. The van der Waals surface area contributed by atoms with E-state index in [0.29, 0.717) is 17.9 Å². The van der Waals surface area contributed by atoms with Gasteiger partial charge in [0.2, 0.25) is 0 Å². The maximum Gasteiger partial charge on any atom is 0.290 e. The van der Waals surface area contributed by atoms with Crippen molar-refractivity contribution in [2.75, 3.05) is 18.0 Å². The van der Waals surface area contributed by atoms with Crippen molar-refractivity contribution in [1.29, 1.82) is 0 Å². The van der Waals surface area contributed by atoms with E-state index in [2.05, 4.69) is 20.2 Å². The molecular formula is C18H28N4O. The Hall–Kier alpha value is -1.36. The zero-order valence-corrected chi connectivity index (χ0v) is 13.8. The number of rotatable bonds is 4. The lowest BCUT2D eigenvalue weighted by molar-refractivity contribution is 0.238. The fourth-order valence-electron chi connectivity index (χ4n) is 4.58. The van der Waals surface area contributed by atoms with Crippen molar-refractivity contribution >= 4 is 5.82 Å². The van der Waals surface area contributed by atoms with Gasteiger partial charge in [-0.1, -0.05) is 12.8 Å². The number of piperidine rings is 1. The Bertz CT molecular complexity index is 582. The molecule has 23 heavy (non-hydrogen) atoms. The van der Waals surface area contributed by atoms with Crippen molar-refractivity contribution in [3.05, 3.63) is 22.7 Å². The van der Waals surface area contributed by atoms with Crippen LogP contribution >= 0.6 is 0 Å². The third kappa shape index (κ3) is 3.60. The van der Waals surface area contributed by atoms with Crippen LogP contribution in [0.3, 0.4) is 0 Å². The highest BCUT2D eigenvalue weighted by Crippen LogP contribution is 2.44.